The van der Waals surface area contributed by atoms with Gasteiger partial charge in [0.2, 0.25) is 5.91 Å². The minimum absolute atomic E-state index is 0.155. The second kappa shape index (κ2) is 8.11. The van der Waals surface area contributed by atoms with Gasteiger partial charge in [0, 0.05) is 31.3 Å². The van der Waals surface area contributed by atoms with Crippen LogP contribution in [0.1, 0.15) is 35.2 Å². The standard InChI is InChI=1S/C20H26N2O2S/c1-14-5-4-6-17(9-14)10-18-11-22(16(3)23)8-7-20(18)24-12-19-13-25-15(2)21-19/h4-6,9,13,18,20H,7-8,10-12H2,1-3H3/t18-,20+/m0/s1. The molecule has 5 heteroatoms. The zero-order valence-corrected chi connectivity index (χ0v) is 16.0. The second-order valence-electron chi connectivity index (χ2n) is 6.91. The summed E-state index contributed by atoms with van der Waals surface area (Å²) in [4.78, 5) is 18.3. The molecule has 134 valence electrons. The molecule has 0 saturated carbocycles. The number of thiazole rings is 1. The van der Waals surface area contributed by atoms with Crippen molar-refractivity contribution in [3.63, 3.8) is 0 Å². The van der Waals surface area contributed by atoms with Crippen LogP contribution in [-0.4, -0.2) is 35.0 Å². The lowest BCUT2D eigenvalue weighted by atomic mass is 9.88. The van der Waals surface area contributed by atoms with E-state index in [1.54, 1.807) is 18.3 Å². The first-order valence-electron chi connectivity index (χ1n) is 8.85. The molecule has 1 aromatic heterocycles. The van der Waals surface area contributed by atoms with Crippen LogP contribution in [0.4, 0.5) is 0 Å². The van der Waals surface area contributed by atoms with Gasteiger partial charge in [-0.15, -0.1) is 11.3 Å². The van der Waals surface area contributed by atoms with E-state index in [1.807, 2.05) is 11.8 Å². The van der Waals surface area contributed by atoms with Gasteiger partial charge in [-0.3, -0.25) is 4.79 Å². The lowest BCUT2D eigenvalue weighted by Crippen LogP contribution is -2.46. The summed E-state index contributed by atoms with van der Waals surface area (Å²) in [5.74, 6) is 0.474. The fraction of sp³-hybridized carbons (Fsp3) is 0.500. The molecule has 2 aromatic rings. The molecule has 3 rings (SSSR count). The summed E-state index contributed by atoms with van der Waals surface area (Å²) in [6, 6.07) is 8.61. The highest BCUT2D eigenvalue weighted by atomic mass is 32.1. The van der Waals surface area contributed by atoms with Crippen molar-refractivity contribution >= 4 is 17.2 Å². The fourth-order valence-corrected chi connectivity index (χ4v) is 4.12. The topological polar surface area (TPSA) is 42.4 Å². The van der Waals surface area contributed by atoms with Crippen LogP contribution >= 0.6 is 11.3 Å². The lowest BCUT2D eigenvalue weighted by molar-refractivity contribution is -0.134. The quantitative estimate of drug-likeness (QED) is 0.817. The zero-order valence-electron chi connectivity index (χ0n) is 15.2. The molecule has 2 atom stereocenters. The van der Waals surface area contributed by atoms with Crippen molar-refractivity contribution in [2.24, 2.45) is 5.92 Å². The molecular formula is C20H26N2O2S. The molecule has 1 aromatic carbocycles. The van der Waals surface area contributed by atoms with Crippen molar-refractivity contribution in [1.82, 2.24) is 9.88 Å². The van der Waals surface area contributed by atoms with Crippen LogP contribution in [0.25, 0.3) is 0 Å². The van der Waals surface area contributed by atoms with Crippen LogP contribution in [0.5, 0.6) is 0 Å². The largest absolute Gasteiger partial charge is 0.371 e. The minimum Gasteiger partial charge on any atom is -0.371 e. The number of benzene rings is 1. The first kappa shape index (κ1) is 18.1. The van der Waals surface area contributed by atoms with Crippen molar-refractivity contribution in [3.8, 4) is 0 Å². The number of aryl methyl sites for hydroxylation is 2. The Morgan fingerprint density at radius 3 is 2.92 bits per heavy atom. The third-order valence-electron chi connectivity index (χ3n) is 4.80. The number of amides is 1. The second-order valence-corrected chi connectivity index (χ2v) is 7.98. The van der Waals surface area contributed by atoms with Crippen LogP contribution < -0.4 is 0 Å². The third-order valence-corrected chi connectivity index (χ3v) is 5.62. The van der Waals surface area contributed by atoms with Gasteiger partial charge in [0.25, 0.3) is 0 Å². The van der Waals surface area contributed by atoms with Gasteiger partial charge in [-0.2, -0.15) is 0 Å². The number of hydrogen-bond acceptors (Lipinski definition) is 4. The van der Waals surface area contributed by atoms with E-state index in [1.165, 1.54) is 11.1 Å². The lowest BCUT2D eigenvalue weighted by Gasteiger charge is -2.38. The molecule has 0 bridgehead atoms. The van der Waals surface area contributed by atoms with Gasteiger partial charge in [0.15, 0.2) is 0 Å². The SMILES string of the molecule is CC(=O)N1CC[C@@H](OCc2csc(C)n2)[C@@H](Cc2cccc(C)c2)C1. The summed E-state index contributed by atoms with van der Waals surface area (Å²) in [5, 5.41) is 3.14. The predicted molar refractivity (Wildman–Crippen MR) is 101 cm³/mol. The average molecular weight is 359 g/mol. The van der Waals surface area contributed by atoms with Crippen molar-refractivity contribution in [1.29, 1.82) is 0 Å². The highest BCUT2D eigenvalue weighted by Crippen LogP contribution is 2.26. The molecular weight excluding hydrogens is 332 g/mol. The highest BCUT2D eigenvalue weighted by molar-refractivity contribution is 7.09. The number of carbonyl (C=O) groups excluding carboxylic acids is 1. The first-order valence-corrected chi connectivity index (χ1v) is 9.73. The number of carbonyl (C=O) groups is 1. The molecule has 1 aliphatic rings. The molecule has 1 fully saturated rings. The predicted octanol–water partition coefficient (Wildman–Crippen LogP) is 3.76. The Kier molecular flexibility index (Phi) is 5.86. The van der Waals surface area contributed by atoms with Gasteiger partial charge in [0.05, 0.1) is 23.4 Å². The maximum absolute atomic E-state index is 11.8. The smallest absolute Gasteiger partial charge is 0.219 e. The van der Waals surface area contributed by atoms with Gasteiger partial charge in [-0.1, -0.05) is 29.8 Å². The summed E-state index contributed by atoms with van der Waals surface area (Å²) >= 11 is 1.66. The van der Waals surface area contributed by atoms with E-state index in [-0.39, 0.29) is 12.0 Å². The molecule has 0 unspecified atom stereocenters. The number of aromatic nitrogens is 1. The Hall–Kier alpha value is -1.72. The fourth-order valence-electron chi connectivity index (χ4n) is 3.52. The van der Waals surface area contributed by atoms with Crippen molar-refractivity contribution < 1.29 is 9.53 Å². The minimum atomic E-state index is 0.155. The van der Waals surface area contributed by atoms with Gasteiger partial charge in [-0.05, 0) is 32.3 Å². The Bertz CT molecular complexity index is 728. The number of likely N-dealkylation sites (tertiary alicyclic amines) is 1. The summed E-state index contributed by atoms with van der Waals surface area (Å²) in [5.41, 5.74) is 3.59. The highest BCUT2D eigenvalue weighted by Gasteiger charge is 2.31. The molecule has 4 nitrogen and oxygen atoms in total. The normalized spacial score (nSPS) is 20.7. The molecule has 0 radical (unpaired) electrons. The van der Waals surface area contributed by atoms with E-state index in [0.717, 1.165) is 36.6 Å². The molecule has 1 amide bonds. The Balaban J connectivity index is 1.68. The Morgan fingerprint density at radius 2 is 2.24 bits per heavy atom. The van der Waals surface area contributed by atoms with Crippen molar-refractivity contribution in [3.05, 3.63) is 51.5 Å². The third kappa shape index (κ3) is 4.89. The van der Waals surface area contributed by atoms with Crippen molar-refractivity contribution in [2.45, 2.75) is 46.3 Å². The van der Waals surface area contributed by atoms with Gasteiger partial charge >= 0.3 is 0 Å². The van der Waals surface area contributed by atoms with Crippen LogP contribution in [-0.2, 0) is 22.6 Å². The van der Waals surface area contributed by atoms with E-state index in [9.17, 15) is 4.79 Å². The maximum Gasteiger partial charge on any atom is 0.219 e. The van der Waals surface area contributed by atoms with E-state index in [4.69, 9.17) is 4.74 Å². The molecule has 25 heavy (non-hydrogen) atoms. The van der Waals surface area contributed by atoms with E-state index >= 15 is 0 Å². The maximum atomic E-state index is 11.8. The number of piperidine rings is 1. The van der Waals surface area contributed by atoms with E-state index in [0.29, 0.717) is 12.5 Å². The van der Waals surface area contributed by atoms with Crippen molar-refractivity contribution in [2.75, 3.05) is 13.1 Å². The number of ether oxygens (including phenoxy) is 1. The van der Waals surface area contributed by atoms with Gasteiger partial charge in [0.1, 0.15) is 0 Å². The van der Waals surface area contributed by atoms with Crippen LogP contribution in [0, 0.1) is 19.8 Å². The molecule has 1 aliphatic heterocycles. The number of hydrogen-bond donors (Lipinski definition) is 0. The van der Waals surface area contributed by atoms with Crippen LogP contribution in [0.15, 0.2) is 29.6 Å². The van der Waals surface area contributed by atoms with Crippen LogP contribution in [0.2, 0.25) is 0 Å². The molecule has 0 spiro atoms. The summed E-state index contributed by atoms with van der Waals surface area (Å²) < 4.78 is 6.23. The molecule has 0 N–H and O–H groups in total. The van der Waals surface area contributed by atoms with Crippen LogP contribution in [0.3, 0.4) is 0 Å². The summed E-state index contributed by atoms with van der Waals surface area (Å²) in [6.45, 7) is 7.89. The zero-order chi connectivity index (χ0) is 17.8. The molecule has 0 aliphatic carbocycles. The molecule has 1 saturated heterocycles. The van der Waals surface area contributed by atoms with E-state index < -0.39 is 0 Å². The van der Waals surface area contributed by atoms with E-state index in [2.05, 4.69) is 41.6 Å². The monoisotopic (exact) mass is 358 g/mol. The molecule has 2 heterocycles. The Morgan fingerprint density at radius 1 is 1.40 bits per heavy atom. The Labute approximate surface area is 153 Å². The van der Waals surface area contributed by atoms with Gasteiger partial charge in [-0.25, -0.2) is 4.98 Å². The first-order chi connectivity index (χ1) is 12.0. The number of rotatable bonds is 5. The summed E-state index contributed by atoms with van der Waals surface area (Å²) in [7, 11) is 0. The average Bonchev–Trinajstić information content (AvgIpc) is 2.99. The number of nitrogens with zero attached hydrogens (tertiary/aromatic N) is 2. The van der Waals surface area contributed by atoms with Gasteiger partial charge < -0.3 is 9.64 Å². The summed E-state index contributed by atoms with van der Waals surface area (Å²) in [6.07, 6.45) is 1.99.